The Morgan fingerprint density at radius 2 is 1.95 bits per heavy atom. The number of nitrogens with two attached hydrogens (primary N) is 1. The van der Waals surface area contributed by atoms with Gasteiger partial charge in [0.2, 0.25) is 0 Å². The van der Waals surface area contributed by atoms with Crippen LogP contribution in [0.3, 0.4) is 0 Å². The molecule has 0 saturated carbocycles. The van der Waals surface area contributed by atoms with Crippen molar-refractivity contribution in [1.82, 2.24) is 14.9 Å². The average Bonchev–Trinajstić information content (AvgIpc) is 2.38. The molecule has 2 aromatic rings. The first kappa shape index (κ1) is 14.0. The van der Waals surface area contributed by atoms with E-state index in [0.717, 1.165) is 23.3 Å². The number of nitrogens with zero attached hydrogens (tertiary/aromatic N) is 3. The Bertz CT molecular complexity index is 527. The normalized spacial score (nSPS) is 10.9. The Hall–Kier alpha value is -1.46. The SMILES string of the molecule is CN(CCc1ccc(Br)cc1)Cc1nccc(N)n1. The molecule has 1 heterocycles. The van der Waals surface area contributed by atoms with Crippen LogP contribution in [0.25, 0.3) is 0 Å². The Morgan fingerprint density at radius 1 is 1.21 bits per heavy atom. The summed E-state index contributed by atoms with van der Waals surface area (Å²) in [6, 6.07) is 10.1. The first-order chi connectivity index (χ1) is 9.13. The molecule has 4 nitrogen and oxygen atoms in total. The molecule has 0 bridgehead atoms. The molecule has 0 aliphatic carbocycles. The zero-order valence-corrected chi connectivity index (χ0v) is 12.5. The smallest absolute Gasteiger partial charge is 0.144 e. The Balaban J connectivity index is 1.84. The van der Waals surface area contributed by atoms with Crippen molar-refractivity contribution in [3.63, 3.8) is 0 Å². The minimum Gasteiger partial charge on any atom is -0.384 e. The molecule has 100 valence electrons. The van der Waals surface area contributed by atoms with Crippen LogP contribution in [0.1, 0.15) is 11.4 Å². The molecule has 2 N–H and O–H groups in total. The van der Waals surface area contributed by atoms with Gasteiger partial charge in [0, 0.05) is 17.2 Å². The maximum atomic E-state index is 5.64. The number of benzene rings is 1. The largest absolute Gasteiger partial charge is 0.384 e. The van der Waals surface area contributed by atoms with E-state index in [1.165, 1.54) is 5.56 Å². The molecule has 0 fully saturated rings. The summed E-state index contributed by atoms with van der Waals surface area (Å²) in [7, 11) is 2.06. The van der Waals surface area contributed by atoms with Crippen LogP contribution in [0.4, 0.5) is 5.82 Å². The van der Waals surface area contributed by atoms with Crippen molar-refractivity contribution in [1.29, 1.82) is 0 Å². The number of anilines is 1. The third-order valence-corrected chi connectivity index (χ3v) is 3.36. The van der Waals surface area contributed by atoms with Crippen LogP contribution in [-0.2, 0) is 13.0 Å². The second-order valence-corrected chi connectivity index (χ2v) is 5.43. The molecule has 0 atom stereocenters. The van der Waals surface area contributed by atoms with Gasteiger partial charge in [0.05, 0.1) is 6.54 Å². The molecule has 5 heteroatoms. The van der Waals surface area contributed by atoms with Crippen LogP contribution in [-0.4, -0.2) is 28.5 Å². The van der Waals surface area contributed by atoms with Gasteiger partial charge in [-0.1, -0.05) is 28.1 Å². The van der Waals surface area contributed by atoms with Crippen molar-refractivity contribution in [3.05, 3.63) is 52.4 Å². The molecule has 0 amide bonds. The Labute approximate surface area is 121 Å². The van der Waals surface area contributed by atoms with Gasteiger partial charge in [-0.2, -0.15) is 0 Å². The third-order valence-electron chi connectivity index (χ3n) is 2.83. The Morgan fingerprint density at radius 3 is 2.63 bits per heavy atom. The molecule has 19 heavy (non-hydrogen) atoms. The summed E-state index contributed by atoms with van der Waals surface area (Å²) in [6.45, 7) is 1.67. The molecule has 0 unspecified atom stereocenters. The van der Waals surface area contributed by atoms with Gasteiger partial charge in [0.25, 0.3) is 0 Å². The van der Waals surface area contributed by atoms with Gasteiger partial charge < -0.3 is 5.73 Å². The molecule has 0 radical (unpaired) electrons. The quantitative estimate of drug-likeness (QED) is 0.919. The summed E-state index contributed by atoms with van der Waals surface area (Å²) in [4.78, 5) is 10.6. The van der Waals surface area contributed by atoms with Crippen molar-refractivity contribution in [2.24, 2.45) is 0 Å². The highest BCUT2D eigenvalue weighted by molar-refractivity contribution is 9.10. The zero-order chi connectivity index (χ0) is 13.7. The summed E-state index contributed by atoms with van der Waals surface area (Å²) >= 11 is 3.44. The van der Waals surface area contributed by atoms with Crippen molar-refractivity contribution in [3.8, 4) is 0 Å². The van der Waals surface area contributed by atoms with Crippen molar-refractivity contribution in [2.75, 3.05) is 19.3 Å². The second-order valence-electron chi connectivity index (χ2n) is 4.51. The van der Waals surface area contributed by atoms with Gasteiger partial charge in [-0.25, -0.2) is 9.97 Å². The lowest BCUT2D eigenvalue weighted by molar-refractivity contribution is 0.322. The zero-order valence-electron chi connectivity index (χ0n) is 10.9. The van der Waals surface area contributed by atoms with Crippen LogP contribution in [0.15, 0.2) is 41.0 Å². The first-order valence-electron chi connectivity index (χ1n) is 6.14. The van der Waals surface area contributed by atoms with E-state index in [1.807, 2.05) is 0 Å². The molecule has 2 rings (SSSR count). The van der Waals surface area contributed by atoms with E-state index in [0.29, 0.717) is 12.4 Å². The lowest BCUT2D eigenvalue weighted by atomic mass is 10.1. The molecular formula is C14H17BrN4. The predicted molar refractivity (Wildman–Crippen MR) is 80.6 cm³/mol. The fourth-order valence-corrected chi connectivity index (χ4v) is 2.05. The molecule has 0 spiro atoms. The van der Waals surface area contributed by atoms with Crippen LogP contribution in [0.5, 0.6) is 0 Å². The van der Waals surface area contributed by atoms with E-state index in [4.69, 9.17) is 5.73 Å². The topological polar surface area (TPSA) is 55.0 Å². The third kappa shape index (κ3) is 4.61. The van der Waals surface area contributed by atoms with Crippen LogP contribution >= 0.6 is 15.9 Å². The maximum absolute atomic E-state index is 5.64. The fourth-order valence-electron chi connectivity index (χ4n) is 1.78. The average molecular weight is 321 g/mol. The maximum Gasteiger partial charge on any atom is 0.144 e. The van der Waals surface area contributed by atoms with Gasteiger partial charge in [0.15, 0.2) is 0 Å². The van der Waals surface area contributed by atoms with Gasteiger partial charge in [-0.05, 0) is 37.2 Å². The van der Waals surface area contributed by atoms with Crippen molar-refractivity contribution in [2.45, 2.75) is 13.0 Å². The van der Waals surface area contributed by atoms with Crippen LogP contribution in [0, 0.1) is 0 Å². The second kappa shape index (κ2) is 6.63. The minimum absolute atomic E-state index is 0.520. The molecular weight excluding hydrogens is 304 g/mol. The lowest BCUT2D eigenvalue weighted by Gasteiger charge is -2.15. The van der Waals surface area contributed by atoms with Gasteiger partial charge in [0.1, 0.15) is 11.6 Å². The van der Waals surface area contributed by atoms with Crippen LogP contribution in [0.2, 0.25) is 0 Å². The molecule has 0 aliphatic heterocycles. The summed E-state index contributed by atoms with van der Waals surface area (Å²) in [6.07, 6.45) is 2.70. The predicted octanol–water partition coefficient (Wildman–Crippen LogP) is 2.50. The van der Waals surface area contributed by atoms with Gasteiger partial charge in [-0.15, -0.1) is 0 Å². The molecule has 1 aromatic carbocycles. The van der Waals surface area contributed by atoms with E-state index in [2.05, 4.69) is 62.1 Å². The highest BCUT2D eigenvalue weighted by Crippen LogP contribution is 2.11. The molecule has 0 aliphatic rings. The summed E-state index contributed by atoms with van der Waals surface area (Å²) in [5.74, 6) is 1.28. The summed E-state index contributed by atoms with van der Waals surface area (Å²) in [5.41, 5.74) is 6.96. The van der Waals surface area contributed by atoms with E-state index in [9.17, 15) is 0 Å². The molecule has 0 saturated heterocycles. The molecule has 1 aromatic heterocycles. The number of likely N-dealkylation sites (N-methyl/N-ethyl adjacent to an activating group) is 1. The summed E-state index contributed by atoms with van der Waals surface area (Å²) in [5, 5.41) is 0. The standard InChI is InChI=1S/C14H17BrN4/c1-19(10-14-17-8-6-13(16)18-14)9-7-11-2-4-12(15)5-3-11/h2-6,8H,7,9-10H2,1H3,(H2,16,17,18). The number of rotatable bonds is 5. The van der Waals surface area contributed by atoms with Crippen molar-refractivity contribution >= 4 is 21.7 Å². The first-order valence-corrected chi connectivity index (χ1v) is 6.93. The van der Waals surface area contributed by atoms with Crippen LogP contribution < -0.4 is 5.73 Å². The highest BCUT2D eigenvalue weighted by Gasteiger charge is 2.03. The van der Waals surface area contributed by atoms with E-state index in [-0.39, 0.29) is 0 Å². The number of halogens is 1. The number of hydrogen-bond donors (Lipinski definition) is 1. The number of aromatic nitrogens is 2. The monoisotopic (exact) mass is 320 g/mol. The number of hydrogen-bond acceptors (Lipinski definition) is 4. The van der Waals surface area contributed by atoms with E-state index in [1.54, 1.807) is 12.3 Å². The summed E-state index contributed by atoms with van der Waals surface area (Å²) < 4.78 is 1.11. The fraction of sp³-hybridized carbons (Fsp3) is 0.286. The minimum atomic E-state index is 0.520. The Kier molecular flexibility index (Phi) is 4.87. The van der Waals surface area contributed by atoms with Crippen molar-refractivity contribution < 1.29 is 0 Å². The highest BCUT2D eigenvalue weighted by atomic mass is 79.9. The van der Waals surface area contributed by atoms with E-state index < -0.39 is 0 Å². The van der Waals surface area contributed by atoms with E-state index >= 15 is 0 Å². The van der Waals surface area contributed by atoms with Gasteiger partial charge >= 0.3 is 0 Å². The van der Waals surface area contributed by atoms with Gasteiger partial charge in [-0.3, -0.25) is 4.90 Å². The number of nitrogen functional groups attached to an aromatic ring is 1. The lowest BCUT2D eigenvalue weighted by Crippen LogP contribution is -2.22.